The summed E-state index contributed by atoms with van der Waals surface area (Å²) in [6, 6.07) is 15.1. The molecular weight excluding hydrogens is 410 g/mol. The zero-order chi connectivity index (χ0) is 22.1. The van der Waals surface area contributed by atoms with E-state index in [9.17, 15) is 9.59 Å². The maximum Gasteiger partial charge on any atom is 0.264 e. The Kier molecular flexibility index (Phi) is 5.06. The van der Waals surface area contributed by atoms with Gasteiger partial charge in [0.15, 0.2) is 17.1 Å². The van der Waals surface area contributed by atoms with Crippen LogP contribution < -0.4 is 20.3 Å². The minimum Gasteiger partial charge on any atom is -0.454 e. The highest BCUT2D eigenvalue weighted by atomic mass is 16.7. The molecule has 1 amide bonds. The Morgan fingerprint density at radius 2 is 1.94 bits per heavy atom. The summed E-state index contributed by atoms with van der Waals surface area (Å²) in [5, 5.41) is 7.63. The molecule has 0 atom stereocenters. The number of carbonyl (C=O) groups excluding carboxylic acids is 1. The molecule has 0 aliphatic carbocycles. The van der Waals surface area contributed by atoms with E-state index in [4.69, 9.17) is 9.47 Å². The largest absolute Gasteiger partial charge is 0.454 e. The summed E-state index contributed by atoms with van der Waals surface area (Å²) in [7, 11) is 0. The van der Waals surface area contributed by atoms with Gasteiger partial charge in [-0.2, -0.15) is 5.10 Å². The molecule has 1 aliphatic heterocycles. The summed E-state index contributed by atoms with van der Waals surface area (Å²) in [5.74, 6) is 1.75. The summed E-state index contributed by atoms with van der Waals surface area (Å²) < 4.78 is 13.8. The third kappa shape index (κ3) is 3.68. The van der Waals surface area contributed by atoms with Crippen LogP contribution in [0, 0.1) is 6.92 Å². The molecule has 0 radical (unpaired) electrons. The number of aryl methyl sites for hydroxylation is 1. The average molecular weight is 431 g/mol. The van der Waals surface area contributed by atoms with Crippen molar-refractivity contribution in [1.29, 1.82) is 0 Å². The van der Waals surface area contributed by atoms with Crippen molar-refractivity contribution >= 4 is 16.9 Å². The summed E-state index contributed by atoms with van der Waals surface area (Å²) in [6.45, 7) is 2.57. The normalized spacial score (nSPS) is 12.3. The summed E-state index contributed by atoms with van der Waals surface area (Å²) >= 11 is 0. The lowest BCUT2D eigenvalue weighted by Gasteiger charge is -2.11. The molecule has 0 spiro atoms. The van der Waals surface area contributed by atoms with Crippen LogP contribution in [0.25, 0.3) is 16.7 Å². The minimum atomic E-state index is -0.210. The highest BCUT2D eigenvalue weighted by Crippen LogP contribution is 2.32. The van der Waals surface area contributed by atoms with Crippen molar-refractivity contribution in [3.8, 4) is 17.2 Å². The van der Waals surface area contributed by atoms with Crippen LogP contribution in [0.2, 0.25) is 0 Å². The fourth-order valence-electron chi connectivity index (χ4n) is 3.68. The highest BCUT2D eigenvalue weighted by molar-refractivity contribution is 5.76. The number of rotatable bonds is 6. The molecule has 0 saturated carbocycles. The molecule has 9 nitrogen and oxygen atoms in total. The molecule has 2 aromatic heterocycles. The fourth-order valence-corrected chi connectivity index (χ4v) is 3.68. The van der Waals surface area contributed by atoms with E-state index in [2.05, 4.69) is 15.4 Å². The van der Waals surface area contributed by atoms with Crippen LogP contribution >= 0.6 is 0 Å². The Morgan fingerprint density at radius 3 is 2.78 bits per heavy atom. The number of amides is 1. The van der Waals surface area contributed by atoms with Gasteiger partial charge in [-0.05, 0) is 36.8 Å². The number of aromatic nitrogens is 4. The van der Waals surface area contributed by atoms with Crippen molar-refractivity contribution in [2.24, 2.45) is 0 Å². The lowest BCUT2D eigenvalue weighted by molar-refractivity contribution is -0.121. The van der Waals surface area contributed by atoms with Gasteiger partial charge in [0.1, 0.15) is 11.2 Å². The zero-order valence-electron chi connectivity index (χ0n) is 17.4. The number of nitrogens with one attached hydrogen (secondary N) is 1. The number of hydrogen-bond acceptors (Lipinski definition) is 6. The molecule has 1 N–H and O–H groups in total. The van der Waals surface area contributed by atoms with Gasteiger partial charge in [-0.15, -0.1) is 0 Å². The number of benzene rings is 2. The lowest BCUT2D eigenvalue weighted by Crippen LogP contribution is -2.29. The molecule has 3 heterocycles. The third-order valence-electron chi connectivity index (χ3n) is 5.37. The summed E-state index contributed by atoms with van der Waals surface area (Å²) in [4.78, 5) is 30.0. The van der Waals surface area contributed by atoms with Crippen LogP contribution in [0.15, 0.2) is 59.5 Å². The monoisotopic (exact) mass is 431 g/mol. The predicted octanol–water partition coefficient (Wildman–Crippen LogP) is 2.33. The van der Waals surface area contributed by atoms with Crippen LogP contribution in [0.3, 0.4) is 0 Å². The molecule has 162 valence electrons. The maximum atomic E-state index is 13.0. The second-order valence-electron chi connectivity index (χ2n) is 7.46. The SMILES string of the molecule is Cc1nc2c(cnn2-c2ccccc2)c(=O)n1CCC(=O)NCc1ccc2c(c1)OCO2. The van der Waals surface area contributed by atoms with Crippen molar-refractivity contribution in [3.63, 3.8) is 0 Å². The molecule has 0 unspecified atom stereocenters. The van der Waals surface area contributed by atoms with E-state index < -0.39 is 0 Å². The van der Waals surface area contributed by atoms with Crippen LogP contribution in [0.5, 0.6) is 11.5 Å². The van der Waals surface area contributed by atoms with Crippen molar-refractivity contribution < 1.29 is 14.3 Å². The number of nitrogens with zero attached hydrogens (tertiary/aromatic N) is 4. The van der Waals surface area contributed by atoms with Gasteiger partial charge < -0.3 is 14.8 Å². The van der Waals surface area contributed by atoms with Crippen molar-refractivity contribution in [1.82, 2.24) is 24.6 Å². The number of fused-ring (bicyclic) bond motifs is 2. The Labute approximate surface area is 183 Å². The minimum absolute atomic E-state index is 0.158. The highest BCUT2D eigenvalue weighted by Gasteiger charge is 2.16. The summed E-state index contributed by atoms with van der Waals surface area (Å²) in [5.41, 5.74) is 2.03. The second kappa shape index (κ2) is 8.18. The van der Waals surface area contributed by atoms with Crippen LogP contribution in [-0.4, -0.2) is 32.0 Å². The molecule has 5 rings (SSSR count). The predicted molar refractivity (Wildman–Crippen MR) is 117 cm³/mol. The Morgan fingerprint density at radius 1 is 1.12 bits per heavy atom. The van der Waals surface area contributed by atoms with Gasteiger partial charge in [-0.1, -0.05) is 24.3 Å². The fraction of sp³-hybridized carbons (Fsp3) is 0.217. The molecule has 9 heteroatoms. The number of carbonyl (C=O) groups is 1. The Hall–Kier alpha value is -4.14. The van der Waals surface area contributed by atoms with E-state index in [1.807, 2.05) is 48.5 Å². The topological polar surface area (TPSA) is 100 Å². The van der Waals surface area contributed by atoms with Crippen molar-refractivity contribution in [2.75, 3.05) is 6.79 Å². The van der Waals surface area contributed by atoms with Crippen LogP contribution in [0.4, 0.5) is 0 Å². The Balaban J connectivity index is 1.28. The molecule has 4 aromatic rings. The quantitative estimate of drug-likeness (QED) is 0.503. The third-order valence-corrected chi connectivity index (χ3v) is 5.37. The van der Waals surface area contributed by atoms with E-state index >= 15 is 0 Å². The van der Waals surface area contributed by atoms with E-state index in [1.54, 1.807) is 11.6 Å². The number of hydrogen-bond donors (Lipinski definition) is 1. The van der Waals surface area contributed by atoms with E-state index in [0.29, 0.717) is 34.9 Å². The average Bonchev–Trinajstić information content (AvgIpc) is 3.44. The molecule has 1 aliphatic rings. The van der Waals surface area contributed by atoms with Gasteiger partial charge in [-0.25, -0.2) is 9.67 Å². The van der Waals surface area contributed by atoms with Crippen molar-refractivity contribution in [2.45, 2.75) is 26.4 Å². The van der Waals surface area contributed by atoms with Gasteiger partial charge in [-0.3, -0.25) is 14.2 Å². The molecule has 2 aromatic carbocycles. The first-order valence-corrected chi connectivity index (χ1v) is 10.3. The van der Waals surface area contributed by atoms with Gasteiger partial charge in [0, 0.05) is 19.5 Å². The van der Waals surface area contributed by atoms with Gasteiger partial charge in [0.2, 0.25) is 12.7 Å². The molecule has 32 heavy (non-hydrogen) atoms. The van der Waals surface area contributed by atoms with Crippen molar-refractivity contribution in [3.05, 3.63) is 76.5 Å². The van der Waals surface area contributed by atoms with Gasteiger partial charge in [0.05, 0.1) is 11.9 Å². The first-order chi connectivity index (χ1) is 15.6. The maximum absolute atomic E-state index is 13.0. The first kappa shape index (κ1) is 19.8. The molecular formula is C23H21N5O4. The molecule has 0 fully saturated rings. The number of ether oxygens (including phenoxy) is 2. The molecule has 0 saturated heterocycles. The van der Waals surface area contributed by atoms with Gasteiger partial charge >= 0.3 is 0 Å². The Bertz CT molecular complexity index is 1360. The van der Waals surface area contributed by atoms with Crippen LogP contribution in [-0.2, 0) is 17.9 Å². The van der Waals surface area contributed by atoms with Gasteiger partial charge in [0.25, 0.3) is 5.56 Å². The van der Waals surface area contributed by atoms with E-state index in [1.165, 1.54) is 10.8 Å². The second-order valence-corrected chi connectivity index (χ2v) is 7.46. The standard InChI is InChI=1S/C23H21N5O4/c1-15-26-22-18(13-25-28(22)17-5-3-2-4-6-17)23(30)27(15)10-9-21(29)24-12-16-7-8-19-20(11-16)32-14-31-19/h2-8,11,13H,9-10,12,14H2,1H3,(H,24,29). The van der Waals surface area contributed by atoms with E-state index in [-0.39, 0.29) is 31.2 Å². The number of para-hydroxylation sites is 1. The first-order valence-electron chi connectivity index (χ1n) is 10.3. The molecule has 0 bridgehead atoms. The smallest absolute Gasteiger partial charge is 0.264 e. The lowest BCUT2D eigenvalue weighted by atomic mass is 10.2. The zero-order valence-corrected chi connectivity index (χ0v) is 17.4. The summed E-state index contributed by atoms with van der Waals surface area (Å²) in [6.07, 6.45) is 1.68. The van der Waals surface area contributed by atoms with Crippen LogP contribution in [0.1, 0.15) is 17.8 Å². The van der Waals surface area contributed by atoms with E-state index in [0.717, 1.165) is 11.3 Å².